The van der Waals surface area contributed by atoms with Crippen molar-refractivity contribution >= 4 is 6.47 Å². The molecule has 0 aromatic carbocycles. The third-order valence-electron chi connectivity index (χ3n) is 11.5. The number of allylic oxidation sites excluding steroid dienone is 1. The molecule has 9 atom stereocenters. The lowest BCUT2D eigenvalue weighted by Gasteiger charge is -2.58. The quantitative estimate of drug-likeness (QED) is 0.280. The van der Waals surface area contributed by atoms with Gasteiger partial charge < -0.3 is 4.74 Å². The summed E-state index contributed by atoms with van der Waals surface area (Å²) in [6.45, 7) is 15.7. The molecule has 0 radical (unpaired) electrons. The van der Waals surface area contributed by atoms with Crippen molar-refractivity contribution in [2.45, 2.75) is 118 Å². The van der Waals surface area contributed by atoms with Crippen molar-refractivity contribution < 1.29 is 9.53 Å². The fourth-order valence-corrected chi connectivity index (χ4v) is 9.48. The third-order valence-corrected chi connectivity index (χ3v) is 11.5. The highest BCUT2D eigenvalue weighted by Crippen LogP contribution is 2.67. The summed E-state index contributed by atoms with van der Waals surface area (Å²) >= 11 is 0. The molecule has 3 fully saturated rings. The van der Waals surface area contributed by atoms with Crippen molar-refractivity contribution in [3.63, 3.8) is 0 Å². The zero-order chi connectivity index (χ0) is 23.1. The lowest BCUT2D eigenvalue weighted by Crippen LogP contribution is -2.51. The molecule has 0 aromatic heterocycles. The lowest BCUT2D eigenvalue weighted by atomic mass is 9.47. The normalized spacial score (nSPS) is 43.0. The molecule has 4 rings (SSSR count). The van der Waals surface area contributed by atoms with Gasteiger partial charge in [-0.25, -0.2) is 0 Å². The Labute approximate surface area is 198 Å². The number of hydrogen-bond acceptors (Lipinski definition) is 2. The second-order valence-corrected chi connectivity index (χ2v) is 13.1. The van der Waals surface area contributed by atoms with Gasteiger partial charge in [0, 0.05) is 6.42 Å². The molecule has 0 saturated heterocycles. The van der Waals surface area contributed by atoms with Gasteiger partial charge in [0.1, 0.15) is 6.10 Å². The zero-order valence-corrected chi connectivity index (χ0v) is 21.9. The number of rotatable bonds is 8. The van der Waals surface area contributed by atoms with E-state index in [-0.39, 0.29) is 6.10 Å². The number of fused-ring (bicyclic) bond motifs is 5. The van der Waals surface area contributed by atoms with E-state index in [1.54, 1.807) is 5.57 Å². The van der Waals surface area contributed by atoms with Crippen LogP contribution >= 0.6 is 0 Å². The molecule has 4 aliphatic rings. The molecule has 3 saturated carbocycles. The molecule has 182 valence electrons. The smallest absolute Gasteiger partial charge is 0.293 e. The van der Waals surface area contributed by atoms with Gasteiger partial charge in [-0.1, -0.05) is 66.0 Å². The van der Waals surface area contributed by atoms with E-state index in [0.29, 0.717) is 17.3 Å². The van der Waals surface area contributed by atoms with E-state index < -0.39 is 0 Å². The molecule has 4 aliphatic carbocycles. The van der Waals surface area contributed by atoms with Crippen molar-refractivity contribution in [1.82, 2.24) is 0 Å². The Kier molecular flexibility index (Phi) is 7.19. The Morgan fingerprint density at radius 1 is 1.06 bits per heavy atom. The van der Waals surface area contributed by atoms with Crippen LogP contribution in [0.3, 0.4) is 0 Å². The molecule has 0 heterocycles. The number of hydrogen-bond donors (Lipinski definition) is 0. The molecular formula is C30H50O2. The molecule has 0 aliphatic heterocycles. The molecule has 32 heavy (non-hydrogen) atoms. The summed E-state index contributed by atoms with van der Waals surface area (Å²) in [5.41, 5.74) is 2.52. The minimum absolute atomic E-state index is 0.117. The average Bonchev–Trinajstić information content (AvgIpc) is 3.11. The maximum absolute atomic E-state index is 10.9. The van der Waals surface area contributed by atoms with Gasteiger partial charge in [0.25, 0.3) is 6.47 Å². The summed E-state index contributed by atoms with van der Waals surface area (Å²) in [7, 11) is 0. The monoisotopic (exact) mass is 442 g/mol. The number of carbonyl (C=O) groups is 1. The predicted octanol–water partition coefficient (Wildman–Crippen LogP) is 8.21. The molecule has 0 bridgehead atoms. The highest BCUT2D eigenvalue weighted by Gasteiger charge is 2.59. The first-order valence-electron chi connectivity index (χ1n) is 14.0. The van der Waals surface area contributed by atoms with Crippen LogP contribution in [0.5, 0.6) is 0 Å². The number of carbonyl (C=O) groups excluding carboxylic acids is 1. The van der Waals surface area contributed by atoms with Crippen LogP contribution in [0.4, 0.5) is 0 Å². The second kappa shape index (κ2) is 9.46. The van der Waals surface area contributed by atoms with Gasteiger partial charge in [-0.2, -0.15) is 0 Å². The summed E-state index contributed by atoms with van der Waals surface area (Å²) in [4.78, 5) is 10.9. The highest BCUT2D eigenvalue weighted by molar-refractivity contribution is 5.38. The van der Waals surface area contributed by atoms with E-state index in [1.165, 1.54) is 57.8 Å². The van der Waals surface area contributed by atoms with Crippen molar-refractivity contribution in [3.8, 4) is 0 Å². The first-order valence-corrected chi connectivity index (χ1v) is 14.0. The van der Waals surface area contributed by atoms with Crippen LogP contribution in [0, 0.1) is 52.3 Å². The molecule has 0 amide bonds. The van der Waals surface area contributed by atoms with Crippen LogP contribution in [0.25, 0.3) is 0 Å². The van der Waals surface area contributed by atoms with Crippen LogP contribution in [-0.4, -0.2) is 12.6 Å². The van der Waals surface area contributed by atoms with E-state index in [9.17, 15) is 4.79 Å². The topological polar surface area (TPSA) is 26.3 Å². The fraction of sp³-hybridized carbons (Fsp3) is 0.900. The lowest BCUT2D eigenvalue weighted by molar-refractivity contribution is -0.136. The minimum atomic E-state index is 0.117. The van der Waals surface area contributed by atoms with Crippen molar-refractivity contribution in [1.29, 1.82) is 0 Å². The SMILES string of the molecule is CC[C@H](CC[C@H](C)[C@@H]1CC[C@@H]2[C@H]3CC=C4C[C@@H](OC=O)CC[C@]4(C)[C@@H]3CC[C@@]21C)C(C)C. The Balaban J connectivity index is 1.46. The van der Waals surface area contributed by atoms with Crippen molar-refractivity contribution in [2.24, 2.45) is 52.3 Å². The molecule has 0 unspecified atom stereocenters. The molecule has 2 heteroatoms. The number of ether oxygens (including phenoxy) is 1. The average molecular weight is 443 g/mol. The zero-order valence-electron chi connectivity index (χ0n) is 21.9. The van der Waals surface area contributed by atoms with E-state index in [4.69, 9.17) is 4.74 Å². The fourth-order valence-electron chi connectivity index (χ4n) is 9.48. The molecule has 0 spiro atoms. The largest absolute Gasteiger partial charge is 0.464 e. The van der Waals surface area contributed by atoms with E-state index in [2.05, 4.69) is 47.6 Å². The minimum Gasteiger partial charge on any atom is -0.464 e. The highest BCUT2D eigenvalue weighted by atomic mass is 16.5. The van der Waals surface area contributed by atoms with Crippen LogP contribution in [0.2, 0.25) is 0 Å². The first-order chi connectivity index (χ1) is 15.2. The van der Waals surface area contributed by atoms with Crippen molar-refractivity contribution in [3.05, 3.63) is 11.6 Å². The Morgan fingerprint density at radius 3 is 2.53 bits per heavy atom. The standard InChI is InChI=1S/C30H50O2/c1-7-22(20(2)3)9-8-21(4)26-12-13-27-25-11-10-23-18-24(32-19-31)14-16-29(23,5)28(25)15-17-30(26,27)6/h10,19-22,24-28H,7-9,11-18H2,1-6H3/t21-,22+,24-,25+,26-,27+,28+,29-,30+/m0/s1. The molecular weight excluding hydrogens is 392 g/mol. The third kappa shape index (κ3) is 4.11. The van der Waals surface area contributed by atoms with E-state index in [0.717, 1.165) is 54.3 Å². The Morgan fingerprint density at radius 2 is 1.84 bits per heavy atom. The summed E-state index contributed by atoms with van der Waals surface area (Å²) in [6.07, 6.45) is 17.2. The van der Waals surface area contributed by atoms with Crippen LogP contribution in [0.1, 0.15) is 112 Å². The van der Waals surface area contributed by atoms with Crippen LogP contribution in [0.15, 0.2) is 11.6 Å². The maximum atomic E-state index is 10.9. The summed E-state index contributed by atoms with van der Waals surface area (Å²) < 4.78 is 5.38. The predicted molar refractivity (Wildman–Crippen MR) is 133 cm³/mol. The first kappa shape index (κ1) is 24.3. The molecule has 0 aromatic rings. The van der Waals surface area contributed by atoms with Gasteiger partial charge >= 0.3 is 0 Å². The van der Waals surface area contributed by atoms with Gasteiger partial charge in [-0.15, -0.1) is 0 Å². The Bertz CT molecular complexity index is 695. The van der Waals surface area contributed by atoms with Gasteiger partial charge in [0.05, 0.1) is 0 Å². The van der Waals surface area contributed by atoms with E-state index >= 15 is 0 Å². The second-order valence-electron chi connectivity index (χ2n) is 13.1. The van der Waals surface area contributed by atoms with E-state index in [1.807, 2.05) is 0 Å². The Hall–Kier alpha value is -0.790. The summed E-state index contributed by atoms with van der Waals surface area (Å²) in [5.74, 6) is 6.16. The van der Waals surface area contributed by atoms with Gasteiger partial charge in [-0.3, -0.25) is 4.79 Å². The summed E-state index contributed by atoms with van der Waals surface area (Å²) in [5, 5.41) is 0. The van der Waals surface area contributed by atoms with Gasteiger partial charge in [0.15, 0.2) is 0 Å². The van der Waals surface area contributed by atoms with Crippen LogP contribution < -0.4 is 0 Å². The molecule has 0 N–H and O–H groups in total. The molecule has 2 nitrogen and oxygen atoms in total. The summed E-state index contributed by atoms with van der Waals surface area (Å²) in [6, 6.07) is 0. The van der Waals surface area contributed by atoms with Gasteiger partial charge in [0.2, 0.25) is 0 Å². The van der Waals surface area contributed by atoms with Crippen LogP contribution in [-0.2, 0) is 9.53 Å². The van der Waals surface area contributed by atoms with Gasteiger partial charge in [-0.05, 0) is 104 Å². The maximum Gasteiger partial charge on any atom is 0.293 e. The van der Waals surface area contributed by atoms with Crippen molar-refractivity contribution in [2.75, 3.05) is 0 Å².